The zero-order chi connectivity index (χ0) is 17.2. The van der Waals surface area contributed by atoms with Gasteiger partial charge in [0.15, 0.2) is 6.61 Å². The molecule has 0 aromatic heterocycles. The second kappa shape index (κ2) is 6.68. The topological polar surface area (TPSA) is 38.3 Å². The number of benzene rings is 2. The molecule has 0 saturated carbocycles. The Bertz CT molecular complexity index is 726. The van der Waals surface area contributed by atoms with Gasteiger partial charge in [-0.25, -0.2) is 0 Å². The van der Waals surface area contributed by atoms with Crippen molar-refractivity contribution < 1.29 is 9.53 Å². The van der Waals surface area contributed by atoms with E-state index in [1.807, 2.05) is 18.2 Å². The smallest absolute Gasteiger partial charge is 0.262 e. The molecule has 1 aliphatic carbocycles. The summed E-state index contributed by atoms with van der Waals surface area (Å²) in [6.45, 7) is 6.54. The number of rotatable bonds is 4. The first-order valence-corrected chi connectivity index (χ1v) is 8.57. The van der Waals surface area contributed by atoms with Gasteiger partial charge in [-0.1, -0.05) is 39.0 Å². The molecule has 24 heavy (non-hydrogen) atoms. The van der Waals surface area contributed by atoms with Crippen molar-refractivity contribution in [2.75, 3.05) is 11.9 Å². The van der Waals surface area contributed by atoms with Crippen LogP contribution in [0.3, 0.4) is 0 Å². The van der Waals surface area contributed by atoms with E-state index in [4.69, 9.17) is 4.74 Å². The number of anilines is 1. The van der Waals surface area contributed by atoms with Gasteiger partial charge in [-0.3, -0.25) is 4.79 Å². The Kier molecular flexibility index (Phi) is 4.61. The van der Waals surface area contributed by atoms with Gasteiger partial charge in [0.1, 0.15) is 5.75 Å². The Morgan fingerprint density at radius 3 is 2.46 bits per heavy atom. The van der Waals surface area contributed by atoms with E-state index in [0.29, 0.717) is 0 Å². The number of amides is 1. The molecular formula is C21H25NO2. The number of fused-ring (bicyclic) bond motifs is 1. The minimum Gasteiger partial charge on any atom is -0.484 e. The van der Waals surface area contributed by atoms with Crippen LogP contribution in [-0.4, -0.2) is 12.5 Å². The third kappa shape index (κ3) is 3.97. The summed E-state index contributed by atoms with van der Waals surface area (Å²) in [5, 5.41) is 2.88. The molecule has 0 saturated heterocycles. The lowest BCUT2D eigenvalue weighted by Gasteiger charge is -2.19. The van der Waals surface area contributed by atoms with Crippen LogP contribution in [0.2, 0.25) is 0 Å². The minimum absolute atomic E-state index is 0.0276. The molecule has 0 spiro atoms. The van der Waals surface area contributed by atoms with Gasteiger partial charge in [0.25, 0.3) is 5.91 Å². The van der Waals surface area contributed by atoms with Crippen molar-refractivity contribution in [3.8, 4) is 5.75 Å². The summed E-state index contributed by atoms with van der Waals surface area (Å²) < 4.78 is 5.63. The molecule has 3 heteroatoms. The van der Waals surface area contributed by atoms with E-state index < -0.39 is 0 Å². The highest BCUT2D eigenvalue weighted by atomic mass is 16.5. The first-order chi connectivity index (χ1) is 11.4. The number of carbonyl (C=O) groups excluding carboxylic acids is 1. The van der Waals surface area contributed by atoms with Crippen LogP contribution in [0, 0.1) is 0 Å². The van der Waals surface area contributed by atoms with Gasteiger partial charge >= 0.3 is 0 Å². The molecule has 3 nitrogen and oxygen atoms in total. The molecule has 3 rings (SSSR count). The van der Waals surface area contributed by atoms with Crippen molar-refractivity contribution in [2.45, 2.75) is 45.4 Å². The minimum atomic E-state index is -0.140. The molecule has 2 aromatic carbocycles. The maximum absolute atomic E-state index is 12.1. The fraction of sp³-hybridized carbons (Fsp3) is 0.381. The Morgan fingerprint density at radius 1 is 1.04 bits per heavy atom. The molecule has 126 valence electrons. The van der Waals surface area contributed by atoms with Crippen molar-refractivity contribution in [3.63, 3.8) is 0 Å². The molecule has 0 aliphatic heterocycles. The highest BCUT2D eigenvalue weighted by Gasteiger charge is 2.14. The van der Waals surface area contributed by atoms with Crippen LogP contribution in [0.4, 0.5) is 5.69 Å². The van der Waals surface area contributed by atoms with Crippen molar-refractivity contribution in [2.24, 2.45) is 0 Å². The van der Waals surface area contributed by atoms with Gasteiger partial charge in [0.2, 0.25) is 0 Å². The Morgan fingerprint density at radius 2 is 1.75 bits per heavy atom. The molecule has 1 amide bonds. The van der Waals surface area contributed by atoms with Crippen LogP contribution in [0.25, 0.3) is 0 Å². The molecule has 0 heterocycles. The number of carbonyl (C=O) groups is 1. The van der Waals surface area contributed by atoms with Crippen molar-refractivity contribution >= 4 is 11.6 Å². The lowest BCUT2D eigenvalue weighted by atomic mass is 9.87. The lowest BCUT2D eigenvalue weighted by Crippen LogP contribution is -2.20. The third-order valence-electron chi connectivity index (χ3n) is 4.47. The van der Waals surface area contributed by atoms with Gasteiger partial charge < -0.3 is 10.1 Å². The van der Waals surface area contributed by atoms with E-state index in [1.54, 1.807) is 0 Å². The van der Waals surface area contributed by atoms with Crippen molar-refractivity contribution in [1.29, 1.82) is 0 Å². The van der Waals surface area contributed by atoms with Crippen molar-refractivity contribution in [3.05, 3.63) is 59.2 Å². The number of nitrogens with one attached hydrogen (secondary N) is 1. The maximum Gasteiger partial charge on any atom is 0.262 e. The fourth-order valence-electron chi connectivity index (χ4n) is 3.04. The van der Waals surface area contributed by atoms with Crippen LogP contribution in [-0.2, 0) is 23.1 Å². The van der Waals surface area contributed by atoms with E-state index in [-0.39, 0.29) is 17.9 Å². The molecule has 1 aliphatic rings. The Labute approximate surface area is 144 Å². The standard InChI is InChI=1S/C21H25NO2/c1-21(2,3)17-8-10-18(11-9-17)22-20(23)14-24-19-12-7-15-5-4-6-16(15)13-19/h7-13H,4-6,14H2,1-3H3,(H,22,23). The van der Waals surface area contributed by atoms with Gasteiger partial charge in [-0.05, 0) is 65.6 Å². The van der Waals surface area contributed by atoms with E-state index in [0.717, 1.165) is 24.3 Å². The largest absolute Gasteiger partial charge is 0.484 e. The summed E-state index contributed by atoms with van der Waals surface area (Å²) in [6.07, 6.45) is 3.48. The third-order valence-corrected chi connectivity index (χ3v) is 4.47. The SMILES string of the molecule is CC(C)(C)c1ccc(NC(=O)COc2ccc3c(c2)CCC3)cc1. The van der Waals surface area contributed by atoms with Crippen molar-refractivity contribution in [1.82, 2.24) is 0 Å². The highest BCUT2D eigenvalue weighted by molar-refractivity contribution is 5.91. The van der Waals surface area contributed by atoms with Gasteiger partial charge in [0.05, 0.1) is 0 Å². The summed E-state index contributed by atoms with van der Waals surface area (Å²) in [7, 11) is 0. The molecule has 0 bridgehead atoms. The molecule has 0 fully saturated rings. The molecule has 0 radical (unpaired) electrons. The highest BCUT2D eigenvalue weighted by Crippen LogP contribution is 2.26. The predicted octanol–water partition coefficient (Wildman–Crippen LogP) is 4.49. The van der Waals surface area contributed by atoms with Gasteiger partial charge in [0, 0.05) is 5.69 Å². The van der Waals surface area contributed by atoms with Crippen LogP contribution >= 0.6 is 0 Å². The van der Waals surface area contributed by atoms with Crippen LogP contribution in [0.1, 0.15) is 43.9 Å². The summed E-state index contributed by atoms with van der Waals surface area (Å²) >= 11 is 0. The quantitative estimate of drug-likeness (QED) is 0.900. The Balaban J connectivity index is 1.54. The summed E-state index contributed by atoms with van der Waals surface area (Å²) in [4.78, 5) is 12.1. The first kappa shape index (κ1) is 16.6. The molecular weight excluding hydrogens is 298 g/mol. The Hall–Kier alpha value is -2.29. The fourth-order valence-corrected chi connectivity index (χ4v) is 3.04. The van der Waals surface area contributed by atoms with E-state index in [1.165, 1.54) is 23.1 Å². The normalized spacial score (nSPS) is 13.5. The van der Waals surface area contributed by atoms with Crippen LogP contribution in [0.15, 0.2) is 42.5 Å². The van der Waals surface area contributed by atoms with Gasteiger partial charge in [-0.15, -0.1) is 0 Å². The predicted molar refractivity (Wildman–Crippen MR) is 97.7 cm³/mol. The maximum atomic E-state index is 12.1. The number of hydrogen-bond donors (Lipinski definition) is 1. The lowest BCUT2D eigenvalue weighted by molar-refractivity contribution is -0.118. The molecule has 0 unspecified atom stereocenters. The number of ether oxygens (including phenoxy) is 1. The van der Waals surface area contributed by atoms with Crippen LogP contribution in [0.5, 0.6) is 5.75 Å². The van der Waals surface area contributed by atoms with Gasteiger partial charge in [-0.2, -0.15) is 0 Å². The second-order valence-corrected chi connectivity index (χ2v) is 7.45. The summed E-state index contributed by atoms with van der Waals surface area (Å²) in [5.74, 6) is 0.632. The zero-order valence-electron chi connectivity index (χ0n) is 14.7. The first-order valence-electron chi connectivity index (χ1n) is 8.57. The average Bonchev–Trinajstić information content (AvgIpc) is 3.00. The van der Waals surface area contributed by atoms with E-state index >= 15 is 0 Å². The average molecular weight is 323 g/mol. The number of aryl methyl sites for hydroxylation is 2. The molecule has 2 aromatic rings. The molecule has 0 atom stereocenters. The second-order valence-electron chi connectivity index (χ2n) is 7.45. The van der Waals surface area contributed by atoms with E-state index in [9.17, 15) is 4.79 Å². The zero-order valence-corrected chi connectivity index (χ0v) is 14.7. The number of hydrogen-bond acceptors (Lipinski definition) is 2. The summed E-state index contributed by atoms with van der Waals surface area (Å²) in [5.41, 5.74) is 4.91. The van der Waals surface area contributed by atoms with Crippen LogP contribution < -0.4 is 10.1 Å². The molecule has 1 N–H and O–H groups in total. The summed E-state index contributed by atoms with van der Waals surface area (Å²) in [6, 6.07) is 14.1. The monoisotopic (exact) mass is 323 g/mol. The van der Waals surface area contributed by atoms with E-state index in [2.05, 4.69) is 50.4 Å².